The Labute approximate surface area is 124 Å². The highest BCUT2D eigenvalue weighted by atomic mass is 16.2. The van der Waals surface area contributed by atoms with Crippen LogP contribution in [0.15, 0.2) is 54.6 Å². The summed E-state index contributed by atoms with van der Waals surface area (Å²) in [5, 5.41) is 11.9. The van der Waals surface area contributed by atoms with Crippen LogP contribution in [0.1, 0.15) is 23.5 Å². The first-order valence-electron chi connectivity index (χ1n) is 7.33. The van der Waals surface area contributed by atoms with Gasteiger partial charge in [-0.3, -0.25) is 4.79 Å². The second-order valence-corrected chi connectivity index (χ2v) is 5.52. The van der Waals surface area contributed by atoms with E-state index in [0.29, 0.717) is 12.3 Å². The molecule has 1 aliphatic rings. The molecule has 3 rings (SSSR count). The van der Waals surface area contributed by atoms with E-state index >= 15 is 0 Å². The number of carbonyl (C=O) groups is 1. The SMILES string of the molecule is O=C(Nc1ccc(CCO)cc1)[C@H]1C[C@H]1c1ccccc1. The number of carbonyl (C=O) groups excluding carboxylic acids is 1. The fourth-order valence-corrected chi connectivity index (χ4v) is 2.67. The molecule has 21 heavy (non-hydrogen) atoms. The van der Waals surface area contributed by atoms with Crippen LogP contribution in [0.4, 0.5) is 5.69 Å². The van der Waals surface area contributed by atoms with E-state index in [4.69, 9.17) is 5.11 Å². The van der Waals surface area contributed by atoms with E-state index in [1.807, 2.05) is 42.5 Å². The van der Waals surface area contributed by atoms with E-state index in [-0.39, 0.29) is 18.4 Å². The molecule has 2 aromatic rings. The zero-order chi connectivity index (χ0) is 14.7. The van der Waals surface area contributed by atoms with Crippen LogP contribution in [0.5, 0.6) is 0 Å². The summed E-state index contributed by atoms with van der Waals surface area (Å²) in [4.78, 5) is 12.2. The molecule has 0 unspecified atom stereocenters. The molecule has 0 saturated heterocycles. The van der Waals surface area contributed by atoms with Crippen molar-refractivity contribution in [2.24, 2.45) is 5.92 Å². The number of anilines is 1. The molecular weight excluding hydrogens is 262 g/mol. The lowest BCUT2D eigenvalue weighted by atomic mass is 10.1. The number of nitrogens with one attached hydrogen (secondary N) is 1. The van der Waals surface area contributed by atoms with Crippen LogP contribution in [-0.2, 0) is 11.2 Å². The fourth-order valence-electron chi connectivity index (χ4n) is 2.67. The highest BCUT2D eigenvalue weighted by Crippen LogP contribution is 2.47. The van der Waals surface area contributed by atoms with Crippen molar-refractivity contribution in [3.05, 3.63) is 65.7 Å². The monoisotopic (exact) mass is 281 g/mol. The summed E-state index contributed by atoms with van der Waals surface area (Å²) >= 11 is 0. The summed E-state index contributed by atoms with van der Waals surface area (Å²) in [6.45, 7) is 0.145. The van der Waals surface area contributed by atoms with E-state index < -0.39 is 0 Å². The number of aliphatic hydroxyl groups excluding tert-OH is 1. The van der Waals surface area contributed by atoms with Gasteiger partial charge in [0.25, 0.3) is 0 Å². The van der Waals surface area contributed by atoms with Gasteiger partial charge in [-0.1, -0.05) is 42.5 Å². The lowest BCUT2D eigenvalue weighted by Gasteiger charge is -2.06. The summed E-state index contributed by atoms with van der Waals surface area (Å²) in [6.07, 6.45) is 1.57. The number of aliphatic hydroxyl groups is 1. The molecule has 0 bridgehead atoms. The fraction of sp³-hybridized carbons (Fsp3) is 0.278. The molecule has 0 aliphatic heterocycles. The molecule has 0 radical (unpaired) electrons. The lowest BCUT2D eigenvalue weighted by molar-refractivity contribution is -0.117. The Morgan fingerprint density at radius 1 is 1.10 bits per heavy atom. The van der Waals surface area contributed by atoms with Crippen LogP contribution in [0, 0.1) is 5.92 Å². The van der Waals surface area contributed by atoms with Crippen molar-refractivity contribution in [2.75, 3.05) is 11.9 Å². The molecule has 3 heteroatoms. The molecule has 2 atom stereocenters. The quantitative estimate of drug-likeness (QED) is 0.885. The van der Waals surface area contributed by atoms with Gasteiger partial charge in [-0.25, -0.2) is 0 Å². The maximum atomic E-state index is 12.2. The summed E-state index contributed by atoms with van der Waals surface area (Å²) in [6, 6.07) is 17.9. The van der Waals surface area contributed by atoms with Crippen LogP contribution < -0.4 is 5.32 Å². The van der Waals surface area contributed by atoms with Crippen LogP contribution in [0.25, 0.3) is 0 Å². The van der Waals surface area contributed by atoms with Gasteiger partial charge in [0.1, 0.15) is 0 Å². The maximum Gasteiger partial charge on any atom is 0.228 e. The van der Waals surface area contributed by atoms with Gasteiger partial charge in [0.2, 0.25) is 5.91 Å². The van der Waals surface area contributed by atoms with E-state index in [1.54, 1.807) is 0 Å². The average Bonchev–Trinajstić information content (AvgIpc) is 3.31. The van der Waals surface area contributed by atoms with Gasteiger partial charge in [0.15, 0.2) is 0 Å². The topological polar surface area (TPSA) is 49.3 Å². The predicted octanol–water partition coefficient (Wildman–Crippen LogP) is 2.96. The standard InChI is InChI=1S/C18H19NO2/c20-11-10-13-6-8-15(9-7-13)19-18(21)17-12-16(17)14-4-2-1-3-5-14/h1-9,16-17,20H,10-12H2,(H,19,21)/t16-,17-/m0/s1. The molecule has 0 heterocycles. The van der Waals surface area contributed by atoms with Crippen LogP contribution in [-0.4, -0.2) is 17.6 Å². The van der Waals surface area contributed by atoms with E-state index in [0.717, 1.165) is 17.7 Å². The lowest BCUT2D eigenvalue weighted by Crippen LogP contribution is -2.14. The van der Waals surface area contributed by atoms with Gasteiger partial charge < -0.3 is 10.4 Å². The van der Waals surface area contributed by atoms with Gasteiger partial charge in [-0.2, -0.15) is 0 Å². The molecular formula is C18H19NO2. The third-order valence-electron chi connectivity index (χ3n) is 3.98. The highest BCUT2D eigenvalue weighted by molar-refractivity contribution is 5.95. The van der Waals surface area contributed by atoms with Gasteiger partial charge >= 0.3 is 0 Å². The van der Waals surface area contributed by atoms with Crippen LogP contribution in [0.2, 0.25) is 0 Å². The first-order chi connectivity index (χ1) is 10.3. The number of benzene rings is 2. The second-order valence-electron chi connectivity index (χ2n) is 5.52. The Balaban J connectivity index is 1.58. The Morgan fingerprint density at radius 2 is 1.81 bits per heavy atom. The van der Waals surface area contributed by atoms with Gasteiger partial charge in [-0.15, -0.1) is 0 Å². The van der Waals surface area contributed by atoms with E-state index in [2.05, 4.69) is 17.4 Å². The second kappa shape index (κ2) is 6.10. The minimum Gasteiger partial charge on any atom is -0.396 e. The number of rotatable bonds is 5. The van der Waals surface area contributed by atoms with E-state index in [1.165, 1.54) is 5.56 Å². The zero-order valence-corrected chi connectivity index (χ0v) is 11.8. The molecule has 1 saturated carbocycles. The average molecular weight is 281 g/mol. The molecule has 1 amide bonds. The normalized spacial score (nSPS) is 20.0. The van der Waals surface area contributed by atoms with Crippen molar-refractivity contribution in [2.45, 2.75) is 18.8 Å². The summed E-state index contributed by atoms with van der Waals surface area (Å²) < 4.78 is 0. The van der Waals surface area contributed by atoms with Crippen molar-refractivity contribution < 1.29 is 9.90 Å². The van der Waals surface area contributed by atoms with E-state index in [9.17, 15) is 4.79 Å². The third-order valence-corrected chi connectivity index (χ3v) is 3.98. The summed E-state index contributed by atoms with van der Waals surface area (Å²) in [5.74, 6) is 0.545. The minimum absolute atomic E-state index is 0.0875. The molecule has 1 fully saturated rings. The first-order valence-corrected chi connectivity index (χ1v) is 7.33. The Morgan fingerprint density at radius 3 is 2.48 bits per heavy atom. The molecule has 2 N–H and O–H groups in total. The Kier molecular flexibility index (Phi) is 4.02. The summed E-state index contributed by atoms with van der Waals surface area (Å²) in [7, 11) is 0. The highest BCUT2D eigenvalue weighted by Gasteiger charge is 2.43. The molecule has 108 valence electrons. The van der Waals surface area contributed by atoms with Crippen molar-refractivity contribution in [1.82, 2.24) is 0 Å². The third kappa shape index (κ3) is 3.31. The van der Waals surface area contributed by atoms with Crippen molar-refractivity contribution >= 4 is 11.6 Å². The van der Waals surface area contributed by atoms with Crippen molar-refractivity contribution in [3.8, 4) is 0 Å². The number of hydrogen-bond acceptors (Lipinski definition) is 2. The van der Waals surface area contributed by atoms with Crippen molar-refractivity contribution in [3.63, 3.8) is 0 Å². The molecule has 3 nitrogen and oxygen atoms in total. The van der Waals surface area contributed by atoms with Gasteiger partial charge in [0, 0.05) is 18.2 Å². The molecule has 1 aliphatic carbocycles. The van der Waals surface area contributed by atoms with Crippen LogP contribution in [0.3, 0.4) is 0 Å². The number of hydrogen-bond donors (Lipinski definition) is 2. The minimum atomic E-state index is 0.0875. The molecule has 0 aromatic heterocycles. The van der Waals surface area contributed by atoms with Gasteiger partial charge in [0.05, 0.1) is 0 Å². The maximum absolute atomic E-state index is 12.2. The Bertz CT molecular complexity index is 607. The number of amides is 1. The molecule has 0 spiro atoms. The first kappa shape index (κ1) is 13.8. The Hall–Kier alpha value is -2.13. The van der Waals surface area contributed by atoms with Crippen LogP contribution >= 0.6 is 0 Å². The zero-order valence-electron chi connectivity index (χ0n) is 11.8. The largest absolute Gasteiger partial charge is 0.396 e. The summed E-state index contributed by atoms with van der Waals surface area (Å²) in [5.41, 5.74) is 3.14. The smallest absolute Gasteiger partial charge is 0.228 e. The van der Waals surface area contributed by atoms with Crippen molar-refractivity contribution in [1.29, 1.82) is 0 Å². The van der Waals surface area contributed by atoms with Gasteiger partial charge in [-0.05, 0) is 42.0 Å². The predicted molar refractivity (Wildman–Crippen MR) is 83.2 cm³/mol. The molecule has 2 aromatic carbocycles.